The molecule has 0 radical (unpaired) electrons. The molecule has 2 rings (SSSR count). The summed E-state index contributed by atoms with van der Waals surface area (Å²) in [7, 11) is 0. The normalized spacial score (nSPS) is 28.5. The van der Waals surface area contributed by atoms with E-state index in [0.29, 0.717) is 41.9 Å². The van der Waals surface area contributed by atoms with Gasteiger partial charge in [0.15, 0.2) is 5.78 Å². The molecule has 2 aliphatic rings. The molecule has 0 aromatic carbocycles. The van der Waals surface area contributed by atoms with Crippen LogP contribution in [0.2, 0.25) is 0 Å². The van der Waals surface area contributed by atoms with Crippen LogP contribution in [0, 0.1) is 0 Å². The van der Waals surface area contributed by atoms with Crippen LogP contribution in [0.4, 0.5) is 0 Å². The zero-order valence-corrected chi connectivity index (χ0v) is 23.1. The highest BCUT2D eigenvalue weighted by molar-refractivity contribution is 6.29. The summed E-state index contributed by atoms with van der Waals surface area (Å²) < 4.78 is 22.1. The van der Waals surface area contributed by atoms with E-state index in [4.69, 9.17) is 30.5 Å². The summed E-state index contributed by atoms with van der Waals surface area (Å²) in [5.74, 6) is -1.95. The number of carbonyl (C=O) groups is 4. The predicted molar refractivity (Wildman–Crippen MR) is 140 cm³/mol. The first-order valence-corrected chi connectivity index (χ1v) is 13.0. The maximum absolute atomic E-state index is 12.8. The zero-order valence-electron chi connectivity index (χ0n) is 22.4. The van der Waals surface area contributed by atoms with Crippen molar-refractivity contribution in [3.63, 3.8) is 0 Å². The number of aliphatic hydroxyl groups excluding tert-OH is 1. The standard InChI is InChI=1S/C28H37ClO9/c1-16(12-26(33)35-15-18(3)19(4)30)11-23(32)28-25-13-22(37-28)10-9-21(29)8-6-7-17(2)24(36-20(5)31)14-27(34)38-25/h7-8,11,22-25,28,32H,3,6,9-10,12-15H2,1-2,4-5H3/b16-11+,17-7+,21-8-/t22-,23-,24-,25-,28-/m1/s1. The minimum Gasteiger partial charge on any atom is -0.460 e. The topological polar surface area (TPSA) is 125 Å². The second-order valence-corrected chi connectivity index (χ2v) is 10.1. The van der Waals surface area contributed by atoms with E-state index < -0.39 is 42.3 Å². The van der Waals surface area contributed by atoms with Gasteiger partial charge in [-0.25, -0.2) is 0 Å². The highest BCUT2D eigenvalue weighted by atomic mass is 35.5. The number of aliphatic hydroxyl groups is 1. The molecule has 38 heavy (non-hydrogen) atoms. The molecule has 1 N–H and O–H groups in total. The van der Waals surface area contributed by atoms with E-state index in [1.165, 1.54) is 19.9 Å². The van der Waals surface area contributed by atoms with Gasteiger partial charge in [0.1, 0.15) is 31.0 Å². The smallest absolute Gasteiger partial charge is 0.310 e. The molecule has 5 atom stereocenters. The predicted octanol–water partition coefficient (Wildman–Crippen LogP) is 4.02. The Bertz CT molecular complexity index is 1010. The van der Waals surface area contributed by atoms with Crippen LogP contribution in [-0.2, 0) is 38.1 Å². The summed E-state index contributed by atoms with van der Waals surface area (Å²) in [6, 6.07) is 0. The Kier molecular flexibility index (Phi) is 12.4. The van der Waals surface area contributed by atoms with Crippen LogP contribution < -0.4 is 0 Å². The first-order valence-electron chi connectivity index (χ1n) is 12.6. The van der Waals surface area contributed by atoms with Crippen molar-refractivity contribution in [3.8, 4) is 0 Å². The number of esters is 3. The lowest BCUT2D eigenvalue weighted by Crippen LogP contribution is -2.37. The first-order chi connectivity index (χ1) is 17.8. The van der Waals surface area contributed by atoms with E-state index in [1.807, 2.05) is 12.2 Å². The van der Waals surface area contributed by atoms with E-state index >= 15 is 0 Å². The molecule has 0 amide bonds. The van der Waals surface area contributed by atoms with Gasteiger partial charge < -0.3 is 24.1 Å². The molecule has 0 saturated carbocycles. The average molecular weight is 553 g/mol. The third-order valence-electron chi connectivity index (χ3n) is 6.27. The lowest BCUT2D eigenvalue weighted by Gasteiger charge is -2.24. The van der Waals surface area contributed by atoms with Gasteiger partial charge in [0.05, 0.1) is 18.9 Å². The van der Waals surface area contributed by atoms with E-state index in [9.17, 15) is 24.3 Å². The molecule has 0 spiro atoms. The summed E-state index contributed by atoms with van der Waals surface area (Å²) in [4.78, 5) is 47.8. The van der Waals surface area contributed by atoms with Crippen LogP contribution in [0.15, 0.2) is 46.6 Å². The summed E-state index contributed by atoms with van der Waals surface area (Å²) >= 11 is 6.37. The average Bonchev–Trinajstić information content (AvgIpc) is 3.22. The van der Waals surface area contributed by atoms with Crippen molar-refractivity contribution in [2.24, 2.45) is 0 Å². The van der Waals surface area contributed by atoms with Crippen molar-refractivity contribution >= 4 is 35.3 Å². The molecule has 0 aliphatic carbocycles. The second-order valence-electron chi connectivity index (χ2n) is 9.66. The lowest BCUT2D eigenvalue weighted by atomic mass is 10.0. The molecule has 2 heterocycles. The quantitative estimate of drug-likeness (QED) is 0.206. The number of hydrogen-bond donors (Lipinski definition) is 1. The van der Waals surface area contributed by atoms with Gasteiger partial charge in [-0.05, 0) is 45.6 Å². The van der Waals surface area contributed by atoms with Crippen molar-refractivity contribution in [1.29, 1.82) is 0 Å². The maximum atomic E-state index is 12.8. The fourth-order valence-electron chi connectivity index (χ4n) is 4.12. The molecule has 0 aromatic rings. The Morgan fingerprint density at radius 1 is 1.26 bits per heavy atom. The van der Waals surface area contributed by atoms with Crippen LogP contribution in [0.25, 0.3) is 0 Å². The van der Waals surface area contributed by atoms with Gasteiger partial charge in [-0.2, -0.15) is 0 Å². The molecule has 10 heteroatoms. The fourth-order valence-corrected chi connectivity index (χ4v) is 4.32. The van der Waals surface area contributed by atoms with Crippen LogP contribution in [0.1, 0.15) is 66.2 Å². The Hall–Kier alpha value is -2.75. The molecule has 1 fully saturated rings. The molecule has 0 unspecified atom stereocenters. The molecule has 2 bridgehead atoms. The van der Waals surface area contributed by atoms with Gasteiger partial charge in [-0.15, -0.1) is 0 Å². The number of halogens is 1. The van der Waals surface area contributed by atoms with E-state index in [2.05, 4.69) is 6.58 Å². The molecule has 0 aromatic heterocycles. The SMILES string of the molecule is C=C(COC(=O)C/C(C)=C/[C@@H](O)[C@H]1O[C@@H]2CC/C(Cl)=C/C/C=C(\C)[C@H](OC(C)=O)CC(=O)O[C@@H]1C2)C(C)=O. The van der Waals surface area contributed by atoms with Crippen LogP contribution in [0.3, 0.4) is 0 Å². The summed E-state index contributed by atoms with van der Waals surface area (Å²) in [6.07, 6.45) is 2.95. The minimum atomic E-state index is -1.18. The summed E-state index contributed by atoms with van der Waals surface area (Å²) in [5.41, 5.74) is 1.40. The number of allylic oxidation sites excluding steroid dienone is 3. The van der Waals surface area contributed by atoms with Crippen LogP contribution >= 0.6 is 11.6 Å². The third-order valence-corrected chi connectivity index (χ3v) is 6.61. The minimum absolute atomic E-state index is 0.112. The van der Waals surface area contributed by atoms with Crippen LogP contribution in [-0.4, -0.2) is 65.9 Å². The second kappa shape index (κ2) is 15.0. The molecule has 1 saturated heterocycles. The molecule has 2 aliphatic heterocycles. The number of rotatable bonds is 8. The molecular weight excluding hydrogens is 516 g/mol. The number of carbonyl (C=O) groups excluding carboxylic acids is 4. The van der Waals surface area contributed by atoms with Crippen LogP contribution in [0.5, 0.6) is 0 Å². The van der Waals surface area contributed by atoms with Crippen molar-refractivity contribution in [1.82, 2.24) is 0 Å². The highest BCUT2D eigenvalue weighted by Crippen LogP contribution is 2.31. The Morgan fingerprint density at radius 2 is 1.97 bits per heavy atom. The largest absolute Gasteiger partial charge is 0.460 e. The molecule has 9 nitrogen and oxygen atoms in total. The van der Waals surface area contributed by atoms with E-state index in [-0.39, 0.29) is 36.9 Å². The number of hydrogen-bond acceptors (Lipinski definition) is 9. The number of fused-ring (bicyclic) bond motifs is 2. The Morgan fingerprint density at radius 3 is 2.63 bits per heavy atom. The third kappa shape index (κ3) is 10.6. The van der Waals surface area contributed by atoms with Gasteiger partial charge in [0.2, 0.25) is 0 Å². The first kappa shape index (κ1) is 31.5. The monoisotopic (exact) mass is 552 g/mol. The maximum Gasteiger partial charge on any atom is 0.310 e. The molecule has 210 valence electrons. The van der Waals surface area contributed by atoms with Crippen molar-refractivity contribution in [3.05, 3.63) is 46.6 Å². The van der Waals surface area contributed by atoms with E-state index in [0.717, 1.165) is 0 Å². The van der Waals surface area contributed by atoms with Crippen molar-refractivity contribution < 1.29 is 43.2 Å². The van der Waals surface area contributed by atoms with Gasteiger partial charge in [-0.1, -0.05) is 42.0 Å². The number of ketones is 1. The number of ether oxygens (including phenoxy) is 4. The summed E-state index contributed by atoms with van der Waals surface area (Å²) in [5, 5.41) is 11.6. The van der Waals surface area contributed by atoms with Gasteiger partial charge in [-0.3, -0.25) is 19.2 Å². The molecular formula is C28H37ClO9. The summed E-state index contributed by atoms with van der Waals surface area (Å²) in [6.45, 7) is 9.37. The van der Waals surface area contributed by atoms with Crippen molar-refractivity contribution in [2.45, 2.75) is 96.7 Å². The van der Waals surface area contributed by atoms with E-state index in [1.54, 1.807) is 13.8 Å². The van der Waals surface area contributed by atoms with Crippen molar-refractivity contribution in [2.75, 3.05) is 6.61 Å². The van der Waals surface area contributed by atoms with Gasteiger partial charge in [0, 0.05) is 23.9 Å². The lowest BCUT2D eigenvalue weighted by molar-refractivity contribution is -0.159. The zero-order chi connectivity index (χ0) is 28.4. The highest BCUT2D eigenvalue weighted by Gasteiger charge is 2.41. The van der Waals surface area contributed by atoms with Gasteiger partial charge in [0.25, 0.3) is 0 Å². The van der Waals surface area contributed by atoms with Gasteiger partial charge >= 0.3 is 17.9 Å². The Labute approximate surface area is 228 Å². The fraction of sp³-hybridized carbons (Fsp3) is 0.571. The Balaban J connectivity index is 2.15. The number of Topliss-reactive ketones (excluding diaryl/α,β-unsaturated/α-hetero) is 1.